The summed E-state index contributed by atoms with van der Waals surface area (Å²) in [7, 11) is 1.61. The first-order chi connectivity index (χ1) is 11.9. The zero-order valence-corrected chi connectivity index (χ0v) is 15.8. The second-order valence-electron chi connectivity index (χ2n) is 7.11. The number of carbonyl (C=O) groups is 1. The summed E-state index contributed by atoms with van der Waals surface area (Å²) in [4.78, 5) is 13.6. The van der Waals surface area contributed by atoms with Gasteiger partial charge in [-0.15, -0.1) is 11.3 Å². The van der Waals surface area contributed by atoms with Crippen molar-refractivity contribution in [3.05, 3.63) is 28.1 Å². The van der Waals surface area contributed by atoms with Crippen LogP contribution in [0.5, 0.6) is 5.75 Å². The molecular weight excluding hydrogens is 358 g/mol. The quantitative estimate of drug-likeness (QED) is 0.847. The van der Waals surface area contributed by atoms with E-state index in [1.165, 1.54) is 29.1 Å². The van der Waals surface area contributed by atoms with Gasteiger partial charge in [0.1, 0.15) is 4.34 Å². The van der Waals surface area contributed by atoms with E-state index >= 15 is 0 Å². The van der Waals surface area contributed by atoms with Crippen LogP contribution in [0.2, 0.25) is 4.34 Å². The van der Waals surface area contributed by atoms with Crippen molar-refractivity contribution < 1.29 is 9.53 Å². The second-order valence-corrected chi connectivity index (χ2v) is 8.76. The molecule has 132 valence electrons. The molecule has 4 rings (SSSR count). The molecule has 0 spiro atoms. The Kier molecular flexibility index (Phi) is 3.92. The number of hydrogen-bond acceptors (Lipinski definition) is 4. The maximum absolute atomic E-state index is 12.2. The zero-order chi connectivity index (χ0) is 17.8. The molecule has 1 aromatic carbocycles. The summed E-state index contributed by atoms with van der Waals surface area (Å²) in [5.41, 5.74) is 0.341. The Balaban J connectivity index is 1.71. The van der Waals surface area contributed by atoms with Crippen molar-refractivity contribution in [2.75, 3.05) is 13.7 Å². The molecule has 1 aromatic heterocycles. The Morgan fingerprint density at radius 3 is 2.92 bits per heavy atom. The van der Waals surface area contributed by atoms with E-state index in [9.17, 15) is 4.79 Å². The maximum Gasteiger partial charge on any atom is 0.231 e. The molecule has 1 saturated heterocycles. The molecule has 0 bridgehead atoms. The van der Waals surface area contributed by atoms with Crippen LogP contribution in [0.25, 0.3) is 10.1 Å². The van der Waals surface area contributed by atoms with Crippen LogP contribution < -0.4 is 10.1 Å². The molecule has 1 saturated carbocycles. The van der Waals surface area contributed by atoms with Crippen LogP contribution in [-0.4, -0.2) is 30.4 Å². The van der Waals surface area contributed by atoms with E-state index in [4.69, 9.17) is 21.7 Å². The Hall–Kier alpha value is -1.79. The lowest BCUT2D eigenvalue weighted by Gasteiger charge is -2.39. The smallest absolute Gasteiger partial charge is 0.231 e. The number of nitrogens with zero attached hydrogens (tertiary/aromatic N) is 1. The zero-order valence-electron chi connectivity index (χ0n) is 14.2. The minimum absolute atomic E-state index is 0.0695. The van der Waals surface area contributed by atoms with Crippen molar-refractivity contribution in [1.29, 1.82) is 5.41 Å². The van der Waals surface area contributed by atoms with Gasteiger partial charge >= 0.3 is 0 Å². The summed E-state index contributed by atoms with van der Waals surface area (Å²) < 4.78 is 7.72. The minimum atomic E-state index is -0.614. The van der Waals surface area contributed by atoms with E-state index < -0.39 is 5.54 Å². The molecule has 2 N–H and O–H groups in total. The van der Waals surface area contributed by atoms with Crippen molar-refractivity contribution in [2.24, 2.45) is 5.92 Å². The van der Waals surface area contributed by atoms with Gasteiger partial charge in [-0.2, -0.15) is 0 Å². The number of nitrogens with one attached hydrogen (secondary N) is 2. The first kappa shape index (κ1) is 16.7. The van der Waals surface area contributed by atoms with Crippen molar-refractivity contribution in [3.8, 4) is 5.75 Å². The van der Waals surface area contributed by atoms with E-state index in [1.807, 2.05) is 25.1 Å². The number of hydrogen-bond donors (Lipinski definition) is 2. The van der Waals surface area contributed by atoms with E-state index in [2.05, 4.69) is 5.32 Å². The Bertz CT molecular complexity index is 857. The lowest BCUT2D eigenvalue weighted by atomic mass is 9.86. The van der Waals surface area contributed by atoms with E-state index in [0.29, 0.717) is 23.3 Å². The number of rotatable bonds is 4. The van der Waals surface area contributed by atoms with Gasteiger partial charge in [0.05, 0.1) is 18.6 Å². The molecule has 1 amide bonds. The summed E-state index contributed by atoms with van der Waals surface area (Å²) in [5.74, 6) is 1.45. The molecular formula is C18H20ClN3O2S. The van der Waals surface area contributed by atoms with Crippen molar-refractivity contribution >= 4 is 44.9 Å². The summed E-state index contributed by atoms with van der Waals surface area (Å²) in [6.07, 6.45) is 2.75. The third kappa shape index (κ3) is 2.98. The number of fused-ring (bicyclic) bond motifs is 1. The average molecular weight is 378 g/mol. The average Bonchev–Trinajstić information content (AvgIpc) is 3.33. The van der Waals surface area contributed by atoms with E-state index in [0.717, 1.165) is 21.4 Å². The highest BCUT2D eigenvalue weighted by Gasteiger charge is 2.38. The van der Waals surface area contributed by atoms with Crippen molar-refractivity contribution in [3.63, 3.8) is 0 Å². The third-order valence-electron chi connectivity index (χ3n) is 5.01. The number of guanidine groups is 1. The summed E-state index contributed by atoms with van der Waals surface area (Å²) in [6.45, 7) is 2.66. The highest BCUT2D eigenvalue weighted by Crippen LogP contribution is 2.44. The Labute approximate surface area is 155 Å². The molecule has 2 aliphatic rings. The molecule has 1 atom stereocenters. The van der Waals surface area contributed by atoms with E-state index in [1.54, 1.807) is 7.05 Å². The first-order valence-electron chi connectivity index (χ1n) is 8.36. The SMILES string of the molecule is CN1C(=N)N[C@](C)(c2ccc3sc(Cl)c(OCC4CC4)c3c2)CC1=O. The van der Waals surface area contributed by atoms with Gasteiger partial charge in [-0.25, -0.2) is 0 Å². The second kappa shape index (κ2) is 5.88. The number of halogens is 1. The highest BCUT2D eigenvalue weighted by molar-refractivity contribution is 7.23. The number of benzene rings is 1. The number of thiophene rings is 1. The van der Waals surface area contributed by atoms with Crippen LogP contribution in [0.3, 0.4) is 0 Å². The summed E-state index contributed by atoms with van der Waals surface area (Å²) in [5, 5.41) is 12.1. The molecule has 0 radical (unpaired) electrons. The van der Waals surface area contributed by atoms with Crippen molar-refractivity contribution in [1.82, 2.24) is 10.2 Å². The van der Waals surface area contributed by atoms with Crippen LogP contribution in [0, 0.1) is 11.3 Å². The lowest BCUT2D eigenvalue weighted by molar-refractivity contribution is -0.129. The molecule has 2 aromatic rings. The first-order valence-corrected chi connectivity index (χ1v) is 9.55. The Morgan fingerprint density at radius 2 is 2.24 bits per heavy atom. The van der Waals surface area contributed by atoms with Crippen LogP contribution in [0.15, 0.2) is 18.2 Å². The molecule has 1 aliphatic heterocycles. The summed E-state index contributed by atoms with van der Waals surface area (Å²) in [6, 6.07) is 6.06. The fourth-order valence-electron chi connectivity index (χ4n) is 3.12. The molecule has 2 heterocycles. The number of amides is 1. The monoisotopic (exact) mass is 377 g/mol. The molecule has 1 aliphatic carbocycles. The van der Waals surface area contributed by atoms with Gasteiger partial charge in [-0.05, 0) is 43.4 Å². The summed E-state index contributed by atoms with van der Waals surface area (Å²) >= 11 is 7.90. The molecule has 7 heteroatoms. The van der Waals surface area contributed by atoms with Crippen LogP contribution in [-0.2, 0) is 10.3 Å². The van der Waals surface area contributed by atoms with Gasteiger partial charge in [0.25, 0.3) is 0 Å². The van der Waals surface area contributed by atoms with Gasteiger partial charge < -0.3 is 10.1 Å². The molecule has 5 nitrogen and oxygen atoms in total. The predicted octanol–water partition coefficient (Wildman–Crippen LogP) is 3.95. The van der Waals surface area contributed by atoms with Crippen LogP contribution in [0.4, 0.5) is 0 Å². The lowest BCUT2D eigenvalue weighted by Crippen LogP contribution is -2.58. The molecule has 25 heavy (non-hydrogen) atoms. The third-order valence-corrected chi connectivity index (χ3v) is 6.35. The molecule has 2 fully saturated rings. The highest BCUT2D eigenvalue weighted by atomic mass is 35.5. The Morgan fingerprint density at radius 1 is 1.48 bits per heavy atom. The normalized spacial score (nSPS) is 23.9. The van der Waals surface area contributed by atoms with Crippen molar-refractivity contribution in [2.45, 2.75) is 31.7 Å². The number of ether oxygens (including phenoxy) is 1. The van der Waals surface area contributed by atoms with Gasteiger partial charge in [-0.1, -0.05) is 17.7 Å². The maximum atomic E-state index is 12.2. The van der Waals surface area contributed by atoms with Gasteiger partial charge in [0.2, 0.25) is 5.91 Å². The minimum Gasteiger partial charge on any atom is -0.490 e. The largest absolute Gasteiger partial charge is 0.490 e. The van der Waals surface area contributed by atoms with Gasteiger partial charge in [-0.3, -0.25) is 15.1 Å². The van der Waals surface area contributed by atoms with Crippen LogP contribution in [0.1, 0.15) is 31.7 Å². The van der Waals surface area contributed by atoms with Gasteiger partial charge in [0.15, 0.2) is 11.7 Å². The number of carbonyl (C=O) groups excluding carboxylic acids is 1. The fourth-order valence-corrected chi connectivity index (χ4v) is 4.38. The standard InChI is InChI=1S/C18H20ClN3O2S/c1-18(8-14(23)22(2)17(20)21-18)11-5-6-13-12(7-11)15(16(19)25-13)24-9-10-3-4-10/h5-7,10H,3-4,8-9H2,1-2H3,(H2,20,21)/t18-/m0/s1. The topological polar surface area (TPSA) is 65.4 Å². The van der Waals surface area contributed by atoms with Crippen LogP contribution >= 0.6 is 22.9 Å². The van der Waals surface area contributed by atoms with Gasteiger partial charge in [0, 0.05) is 17.1 Å². The van der Waals surface area contributed by atoms with E-state index in [-0.39, 0.29) is 11.9 Å². The predicted molar refractivity (Wildman–Crippen MR) is 101 cm³/mol. The molecule has 0 unspecified atom stereocenters. The fraction of sp³-hybridized carbons (Fsp3) is 0.444.